The third-order valence-electron chi connectivity index (χ3n) is 5.15. The number of aromatic nitrogens is 4. The standard InChI is InChI=1S/C22H18FN5O3/c23-18-3-1-2-4-19(18)30-13-14-5-7-15(8-6-14)21-26-22(31-27-21)16-9-20(29)28(12-16)17-10-24-25-11-17/h1-8,10-11,16H,9,12-13H2,(H,24,25)/t16-/m1/s1. The lowest BCUT2D eigenvalue weighted by Gasteiger charge is -2.12. The maximum absolute atomic E-state index is 13.7. The van der Waals surface area contributed by atoms with Gasteiger partial charge in [-0.3, -0.25) is 9.89 Å². The number of carbonyl (C=O) groups excluding carboxylic acids is 1. The Kier molecular flexibility index (Phi) is 4.91. The van der Waals surface area contributed by atoms with Crippen molar-refractivity contribution < 1.29 is 18.4 Å². The molecule has 0 spiro atoms. The van der Waals surface area contributed by atoms with Crippen molar-refractivity contribution in [3.8, 4) is 17.1 Å². The van der Waals surface area contributed by atoms with E-state index < -0.39 is 5.82 Å². The molecule has 1 saturated heterocycles. The van der Waals surface area contributed by atoms with Crippen LogP contribution in [0.4, 0.5) is 10.1 Å². The molecule has 1 N–H and O–H groups in total. The molecule has 0 unspecified atom stereocenters. The first-order chi connectivity index (χ1) is 15.2. The van der Waals surface area contributed by atoms with E-state index >= 15 is 0 Å². The van der Waals surface area contributed by atoms with Crippen LogP contribution in [0.2, 0.25) is 0 Å². The minimum atomic E-state index is -0.393. The first-order valence-corrected chi connectivity index (χ1v) is 9.77. The number of carbonyl (C=O) groups is 1. The summed E-state index contributed by atoms with van der Waals surface area (Å²) in [5.74, 6) is 0.523. The average molecular weight is 419 g/mol. The topological polar surface area (TPSA) is 97.1 Å². The van der Waals surface area contributed by atoms with Gasteiger partial charge < -0.3 is 14.2 Å². The molecule has 1 fully saturated rings. The number of hydrogen-bond donors (Lipinski definition) is 1. The normalized spacial score (nSPS) is 16.1. The molecule has 9 heteroatoms. The lowest BCUT2D eigenvalue weighted by molar-refractivity contribution is -0.117. The smallest absolute Gasteiger partial charge is 0.232 e. The summed E-state index contributed by atoms with van der Waals surface area (Å²) in [6, 6.07) is 13.7. The van der Waals surface area contributed by atoms with Crippen molar-refractivity contribution in [3.05, 3.63) is 78.2 Å². The Balaban J connectivity index is 1.25. The van der Waals surface area contributed by atoms with Gasteiger partial charge in [0.15, 0.2) is 11.6 Å². The van der Waals surface area contributed by atoms with Crippen molar-refractivity contribution >= 4 is 11.6 Å². The second-order valence-corrected chi connectivity index (χ2v) is 7.23. The van der Waals surface area contributed by atoms with Crippen molar-refractivity contribution in [2.45, 2.75) is 18.9 Å². The molecular formula is C22H18FN5O3. The van der Waals surface area contributed by atoms with E-state index in [4.69, 9.17) is 9.26 Å². The third-order valence-corrected chi connectivity index (χ3v) is 5.15. The number of hydrogen-bond acceptors (Lipinski definition) is 6. The van der Waals surface area contributed by atoms with Gasteiger partial charge in [0, 0.05) is 24.7 Å². The summed E-state index contributed by atoms with van der Waals surface area (Å²) in [5.41, 5.74) is 2.38. The van der Waals surface area contributed by atoms with Crippen LogP contribution in [0.1, 0.15) is 23.8 Å². The van der Waals surface area contributed by atoms with E-state index in [-0.39, 0.29) is 24.2 Å². The summed E-state index contributed by atoms with van der Waals surface area (Å²) in [6.07, 6.45) is 3.59. The Morgan fingerprint density at radius 1 is 1.19 bits per heavy atom. The van der Waals surface area contributed by atoms with Crippen LogP contribution in [0.3, 0.4) is 0 Å². The largest absolute Gasteiger partial charge is 0.486 e. The highest BCUT2D eigenvalue weighted by atomic mass is 19.1. The van der Waals surface area contributed by atoms with Crippen molar-refractivity contribution in [2.24, 2.45) is 0 Å². The molecule has 31 heavy (non-hydrogen) atoms. The zero-order valence-electron chi connectivity index (χ0n) is 16.4. The van der Waals surface area contributed by atoms with Crippen LogP contribution in [0, 0.1) is 5.82 Å². The molecule has 0 aliphatic carbocycles. The number of para-hydroxylation sites is 1. The number of nitrogens with zero attached hydrogens (tertiary/aromatic N) is 4. The molecule has 0 bridgehead atoms. The van der Waals surface area contributed by atoms with Crippen LogP contribution in [0.5, 0.6) is 5.75 Å². The zero-order chi connectivity index (χ0) is 21.2. The number of halogens is 1. The molecule has 1 aliphatic heterocycles. The van der Waals surface area contributed by atoms with Gasteiger partial charge >= 0.3 is 0 Å². The minimum Gasteiger partial charge on any atom is -0.486 e. The lowest BCUT2D eigenvalue weighted by Crippen LogP contribution is -2.23. The molecule has 156 valence electrons. The van der Waals surface area contributed by atoms with Gasteiger partial charge in [-0.05, 0) is 17.7 Å². The van der Waals surface area contributed by atoms with E-state index in [1.54, 1.807) is 35.5 Å². The molecule has 1 aliphatic rings. The molecular weight excluding hydrogens is 401 g/mol. The maximum Gasteiger partial charge on any atom is 0.232 e. The Hall–Kier alpha value is -4.01. The fraction of sp³-hybridized carbons (Fsp3) is 0.182. The van der Waals surface area contributed by atoms with Crippen molar-refractivity contribution in [1.29, 1.82) is 0 Å². The van der Waals surface area contributed by atoms with Crippen molar-refractivity contribution in [3.63, 3.8) is 0 Å². The number of nitrogens with one attached hydrogen (secondary N) is 1. The van der Waals surface area contributed by atoms with Gasteiger partial charge in [-0.1, -0.05) is 41.6 Å². The maximum atomic E-state index is 13.7. The molecule has 2 aromatic heterocycles. The molecule has 3 heterocycles. The number of aromatic amines is 1. The fourth-order valence-corrected chi connectivity index (χ4v) is 3.51. The molecule has 8 nitrogen and oxygen atoms in total. The summed E-state index contributed by atoms with van der Waals surface area (Å²) in [4.78, 5) is 18.5. The number of benzene rings is 2. The second-order valence-electron chi connectivity index (χ2n) is 7.23. The van der Waals surface area contributed by atoms with Crippen LogP contribution in [-0.4, -0.2) is 32.8 Å². The first-order valence-electron chi connectivity index (χ1n) is 9.77. The highest BCUT2D eigenvalue weighted by molar-refractivity contribution is 5.96. The van der Waals surface area contributed by atoms with E-state index in [1.807, 2.05) is 24.3 Å². The number of rotatable bonds is 6. The first kappa shape index (κ1) is 19.0. The fourth-order valence-electron chi connectivity index (χ4n) is 3.51. The average Bonchev–Trinajstić information content (AvgIpc) is 3.54. The highest BCUT2D eigenvalue weighted by Crippen LogP contribution is 2.31. The van der Waals surface area contributed by atoms with Gasteiger partial charge in [0.25, 0.3) is 0 Å². The van der Waals surface area contributed by atoms with Crippen LogP contribution in [-0.2, 0) is 11.4 Å². The summed E-state index contributed by atoms with van der Waals surface area (Å²) in [6.45, 7) is 0.707. The molecule has 2 aromatic carbocycles. The summed E-state index contributed by atoms with van der Waals surface area (Å²) in [5, 5.41) is 10.7. The summed E-state index contributed by atoms with van der Waals surface area (Å²) < 4.78 is 24.6. The van der Waals surface area contributed by atoms with Gasteiger partial charge in [0.2, 0.25) is 17.6 Å². The second kappa shape index (κ2) is 8.02. The molecule has 1 amide bonds. The third kappa shape index (κ3) is 3.89. The predicted octanol–water partition coefficient (Wildman–Crippen LogP) is 3.70. The van der Waals surface area contributed by atoms with Crippen molar-refractivity contribution in [2.75, 3.05) is 11.4 Å². The lowest BCUT2D eigenvalue weighted by atomic mass is 10.1. The van der Waals surface area contributed by atoms with E-state index in [0.717, 1.165) is 16.8 Å². The summed E-state index contributed by atoms with van der Waals surface area (Å²) >= 11 is 0. The molecule has 4 aromatic rings. The monoisotopic (exact) mass is 419 g/mol. The van der Waals surface area contributed by atoms with Gasteiger partial charge in [-0.2, -0.15) is 10.1 Å². The van der Waals surface area contributed by atoms with Crippen LogP contribution in [0.25, 0.3) is 11.4 Å². The Morgan fingerprint density at radius 3 is 2.81 bits per heavy atom. The zero-order valence-corrected chi connectivity index (χ0v) is 16.4. The Morgan fingerprint density at radius 2 is 2.03 bits per heavy atom. The van der Waals surface area contributed by atoms with Crippen LogP contribution in [0.15, 0.2) is 65.4 Å². The highest BCUT2D eigenvalue weighted by Gasteiger charge is 2.35. The minimum absolute atomic E-state index is 0.00893. The van der Waals surface area contributed by atoms with E-state index in [2.05, 4.69) is 20.3 Å². The van der Waals surface area contributed by atoms with Gasteiger partial charge in [0.1, 0.15) is 6.61 Å². The molecule has 1 atom stereocenters. The quantitative estimate of drug-likeness (QED) is 0.512. The Bertz CT molecular complexity index is 1190. The Labute approximate surface area is 176 Å². The molecule has 0 radical (unpaired) electrons. The molecule has 0 saturated carbocycles. The number of anilines is 1. The number of H-pyrrole nitrogens is 1. The van der Waals surface area contributed by atoms with Gasteiger partial charge in [-0.15, -0.1) is 0 Å². The SMILES string of the molecule is O=C1C[C@@H](c2nc(-c3ccc(COc4ccccc4F)cc3)no2)CN1c1cn[nH]c1. The number of amides is 1. The molecule has 5 rings (SSSR count). The van der Waals surface area contributed by atoms with Crippen LogP contribution >= 0.6 is 0 Å². The summed E-state index contributed by atoms with van der Waals surface area (Å²) in [7, 11) is 0. The van der Waals surface area contributed by atoms with Crippen molar-refractivity contribution in [1.82, 2.24) is 20.3 Å². The van der Waals surface area contributed by atoms with E-state index in [1.165, 1.54) is 6.07 Å². The number of ether oxygens (including phenoxy) is 1. The van der Waals surface area contributed by atoms with E-state index in [9.17, 15) is 9.18 Å². The van der Waals surface area contributed by atoms with Gasteiger partial charge in [-0.25, -0.2) is 4.39 Å². The van der Waals surface area contributed by atoms with Crippen LogP contribution < -0.4 is 9.64 Å². The van der Waals surface area contributed by atoms with Gasteiger partial charge in [0.05, 0.1) is 17.8 Å². The predicted molar refractivity (Wildman–Crippen MR) is 109 cm³/mol. The van der Waals surface area contributed by atoms with E-state index in [0.29, 0.717) is 24.7 Å².